The highest BCUT2D eigenvalue weighted by Crippen LogP contribution is 2.24. The van der Waals surface area contributed by atoms with Gasteiger partial charge in [0.15, 0.2) is 0 Å². The Balaban J connectivity index is 2.39. The molecule has 2 N–H and O–H groups in total. The minimum Gasteiger partial charge on any atom is -0.478 e. The normalized spacial score (nSPS) is 11.5. The third-order valence-electron chi connectivity index (χ3n) is 2.72. The summed E-state index contributed by atoms with van der Waals surface area (Å²) in [7, 11) is -3.76. The van der Waals surface area contributed by atoms with Crippen molar-refractivity contribution in [2.75, 3.05) is 4.72 Å². The minimum absolute atomic E-state index is 0.109. The predicted molar refractivity (Wildman–Crippen MR) is 85.4 cm³/mol. The van der Waals surface area contributed by atoms with Crippen molar-refractivity contribution < 1.29 is 18.3 Å². The molecule has 0 saturated heterocycles. The van der Waals surface area contributed by atoms with Gasteiger partial charge in [0.25, 0.3) is 10.0 Å². The van der Waals surface area contributed by atoms with Crippen molar-refractivity contribution in [2.45, 2.75) is 4.90 Å². The molecule has 0 aliphatic heterocycles. The van der Waals surface area contributed by atoms with E-state index in [0.717, 1.165) is 6.08 Å². The Morgan fingerprint density at radius 2 is 1.82 bits per heavy atom. The van der Waals surface area contributed by atoms with Gasteiger partial charge in [-0.25, -0.2) is 13.2 Å². The first kappa shape index (κ1) is 16.1. The van der Waals surface area contributed by atoms with Gasteiger partial charge in [-0.15, -0.1) is 0 Å². The number of aliphatic carboxylic acids is 1. The van der Waals surface area contributed by atoms with Crippen LogP contribution in [-0.4, -0.2) is 19.5 Å². The lowest BCUT2D eigenvalue weighted by atomic mass is 10.1. The zero-order chi connectivity index (χ0) is 16.2. The summed E-state index contributed by atoms with van der Waals surface area (Å²) in [5.74, 6) is -1.14. The molecule has 0 saturated carbocycles. The van der Waals surface area contributed by atoms with Gasteiger partial charge in [-0.3, -0.25) is 4.72 Å². The molecule has 0 unspecified atom stereocenters. The van der Waals surface area contributed by atoms with Crippen LogP contribution in [0.15, 0.2) is 59.5 Å². The van der Waals surface area contributed by atoms with Crippen molar-refractivity contribution >= 4 is 39.4 Å². The van der Waals surface area contributed by atoms with E-state index in [0.29, 0.717) is 10.6 Å². The summed E-state index contributed by atoms with van der Waals surface area (Å²) >= 11 is 5.86. The second kappa shape index (κ2) is 6.64. The summed E-state index contributed by atoms with van der Waals surface area (Å²) in [6.45, 7) is 0. The van der Waals surface area contributed by atoms with Crippen LogP contribution in [0.4, 0.5) is 5.69 Å². The highest BCUT2D eigenvalue weighted by molar-refractivity contribution is 7.92. The Bertz CT molecular complexity index is 817. The topological polar surface area (TPSA) is 83.5 Å². The lowest BCUT2D eigenvalue weighted by Gasteiger charge is -2.11. The van der Waals surface area contributed by atoms with Crippen LogP contribution in [0.5, 0.6) is 0 Å². The first-order valence-electron chi connectivity index (χ1n) is 6.17. The molecule has 2 rings (SSSR count). The molecular weight excluding hydrogens is 326 g/mol. The fraction of sp³-hybridized carbons (Fsp3) is 0. The summed E-state index contributed by atoms with van der Waals surface area (Å²) in [5, 5.41) is 9.06. The standard InChI is InChI=1S/C15H12ClNO4S/c16-12-7-8-14(11(10-12)6-9-15(18)19)17-22(20,21)13-4-2-1-3-5-13/h1-10,17H,(H,18,19). The predicted octanol–water partition coefficient (Wildman–Crippen LogP) is 3.24. The maximum atomic E-state index is 12.3. The zero-order valence-electron chi connectivity index (χ0n) is 11.2. The van der Waals surface area contributed by atoms with Crippen molar-refractivity contribution in [3.05, 3.63) is 65.2 Å². The number of benzene rings is 2. The van der Waals surface area contributed by atoms with Gasteiger partial charge in [0, 0.05) is 16.7 Å². The third-order valence-corrected chi connectivity index (χ3v) is 4.33. The summed E-state index contributed by atoms with van der Waals surface area (Å²) < 4.78 is 27.0. The molecule has 114 valence electrons. The molecule has 2 aromatic rings. The number of anilines is 1. The van der Waals surface area contributed by atoms with E-state index in [9.17, 15) is 13.2 Å². The molecule has 0 radical (unpaired) electrons. The van der Waals surface area contributed by atoms with Crippen molar-refractivity contribution in [2.24, 2.45) is 0 Å². The van der Waals surface area contributed by atoms with E-state index in [-0.39, 0.29) is 10.6 Å². The lowest BCUT2D eigenvalue weighted by Crippen LogP contribution is -2.13. The minimum atomic E-state index is -3.76. The molecule has 0 fully saturated rings. The van der Waals surface area contributed by atoms with E-state index in [1.165, 1.54) is 36.4 Å². The number of halogens is 1. The Hall–Kier alpha value is -2.31. The van der Waals surface area contributed by atoms with Gasteiger partial charge in [-0.2, -0.15) is 0 Å². The zero-order valence-corrected chi connectivity index (χ0v) is 12.8. The third kappa shape index (κ3) is 4.09. The van der Waals surface area contributed by atoms with Gasteiger partial charge in [0.2, 0.25) is 0 Å². The van der Waals surface area contributed by atoms with Crippen LogP contribution in [0, 0.1) is 0 Å². The van der Waals surface area contributed by atoms with Gasteiger partial charge in [-0.05, 0) is 36.4 Å². The van der Waals surface area contributed by atoms with Crippen LogP contribution in [0.3, 0.4) is 0 Å². The Morgan fingerprint density at radius 1 is 1.14 bits per heavy atom. The Kier molecular flexibility index (Phi) is 4.85. The molecule has 0 bridgehead atoms. The number of sulfonamides is 1. The average molecular weight is 338 g/mol. The summed E-state index contributed by atoms with van der Waals surface area (Å²) in [4.78, 5) is 10.7. The summed E-state index contributed by atoms with van der Waals surface area (Å²) in [6.07, 6.45) is 2.18. The van der Waals surface area contributed by atoms with Crippen LogP contribution in [0.25, 0.3) is 6.08 Å². The second-order valence-electron chi connectivity index (χ2n) is 4.32. The van der Waals surface area contributed by atoms with Crippen molar-refractivity contribution in [1.82, 2.24) is 0 Å². The molecule has 0 aromatic heterocycles. The fourth-order valence-electron chi connectivity index (χ4n) is 1.73. The highest BCUT2D eigenvalue weighted by atomic mass is 35.5. The van der Waals surface area contributed by atoms with Gasteiger partial charge >= 0.3 is 5.97 Å². The molecule has 0 amide bonds. The van der Waals surface area contributed by atoms with Gasteiger partial charge < -0.3 is 5.11 Å². The van der Waals surface area contributed by atoms with E-state index in [2.05, 4.69) is 4.72 Å². The highest BCUT2D eigenvalue weighted by Gasteiger charge is 2.15. The van der Waals surface area contributed by atoms with Crippen LogP contribution in [0.1, 0.15) is 5.56 Å². The molecule has 2 aromatic carbocycles. The van der Waals surface area contributed by atoms with Crippen LogP contribution < -0.4 is 4.72 Å². The number of carbonyl (C=O) groups is 1. The largest absolute Gasteiger partial charge is 0.478 e. The number of rotatable bonds is 5. The number of carboxylic acid groups (broad SMARTS) is 1. The average Bonchev–Trinajstić information content (AvgIpc) is 2.48. The maximum Gasteiger partial charge on any atom is 0.328 e. The van der Waals surface area contributed by atoms with Crippen molar-refractivity contribution in [3.63, 3.8) is 0 Å². The van der Waals surface area contributed by atoms with E-state index in [1.54, 1.807) is 18.2 Å². The maximum absolute atomic E-state index is 12.3. The molecule has 0 spiro atoms. The molecule has 0 atom stereocenters. The quantitative estimate of drug-likeness (QED) is 0.820. The van der Waals surface area contributed by atoms with Gasteiger partial charge in [-0.1, -0.05) is 29.8 Å². The van der Waals surface area contributed by atoms with Gasteiger partial charge in [0.1, 0.15) is 0 Å². The fourth-order valence-corrected chi connectivity index (χ4v) is 3.02. The summed E-state index contributed by atoms with van der Waals surface area (Å²) in [6, 6.07) is 12.3. The Labute approximate surface area is 132 Å². The second-order valence-corrected chi connectivity index (χ2v) is 6.44. The van der Waals surface area contributed by atoms with E-state index >= 15 is 0 Å². The Morgan fingerprint density at radius 3 is 2.45 bits per heavy atom. The van der Waals surface area contributed by atoms with Crippen LogP contribution in [-0.2, 0) is 14.8 Å². The molecule has 0 aliphatic carbocycles. The number of hydrogen-bond donors (Lipinski definition) is 2. The van der Waals surface area contributed by atoms with Crippen molar-refractivity contribution in [3.8, 4) is 0 Å². The number of nitrogens with one attached hydrogen (secondary N) is 1. The smallest absolute Gasteiger partial charge is 0.328 e. The van der Waals surface area contributed by atoms with Gasteiger partial charge in [0.05, 0.1) is 10.6 Å². The van der Waals surface area contributed by atoms with E-state index in [4.69, 9.17) is 16.7 Å². The number of hydrogen-bond acceptors (Lipinski definition) is 3. The molecule has 0 heterocycles. The summed E-state index contributed by atoms with van der Waals surface area (Å²) in [5.41, 5.74) is 0.597. The van der Waals surface area contributed by atoms with Crippen LogP contribution in [0.2, 0.25) is 5.02 Å². The molecular formula is C15H12ClNO4S. The molecule has 5 nitrogen and oxygen atoms in total. The molecule has 22 heavy (non-hydrogen) atoms. The number of carboxylic acids is 1. The lowest BCUT2D eigenvalue weighted by molar-refractivity contribution is -0.131. The monoisotopic (exact) mass is 337 g/mol. The van der Waals surface area contributed by atoms with E-state index in [1.807, 2.05) is 0 Å². The first-order valence-corrected chi connectivity index (χ1v) is 8.03. The van der Waals surface area contributed by atoms with Crippen LogP contribution >= 0.6 is 11.6 Å². The molecule has 0 aliphatic rings. The van der Waals surface area contributed by atoms with Crippen molar-refractivity contribution in [1.29, 1.82) is 0 Å². The SMILES string of the molecule is O=C(O)C=Cc1cc(Cl)ccc1NS(=O)(=O)c1ccccc1. The van der Waals surface area contributed by atoms with E-state index < -0.39 is 16.0 Å². The first-order chi connectivity index (χ1) is 10.4. The molecule has 7 heteroatoms.